The number of esters is 4. The van der Waals surface area contributed by atoms with Gasteiger partial charge >= 0.3 is 23.9 Å². The van der Waals surface area contributed by atoms with Crippen LogP contribution in [0.3, 0.4) is 0 Å². The van der Waals surface area contributed by atoms with E-state index in [1.165, 1.54) is 4.90 Å². The van der Waals surface area contributed by atoms with Gasteiger partial charge in [0.15, 0.2) is 5.76 Å². The van der Waals surface area contributed by atoms with Gasteiger partial charge in [-0.05, 0) is 24.1 Å². The van der Waals surface area contributed by atoms with Gasteiger partial charge < -0.3 is 28.4 Å². The molecule has 11 heteroatoms. The molecule has 0 saturated heterocycles. The standard InChI is InChI=1S/C33H30N2O9/c1-20-28(24(44-34-20)19-17-22-14-10-7-11-15-22)35-23(18-16-21-12-8-6-9-13-21)25(30(36)40-2)26(31(37)41-3)27(32(38)42-4)29(35)33(39)43-5/h6-19,23H,1-5H3/b18-16+,19-17+. The van der Waals surface area contributed by atoms with Gasteiger partial charge in [-0.2, -0.15) is 0 Å². The molecule has 1 aliphatic rings. The minimum atomic E-state index is -1.23. The highest BCUT2D eigenvalue weighted by molar-refractivity contribution is 6.18. The lowest BCUT2D eigenvalue weighted by Gasteiger charge is -2.38. The smallest absolute Gasteiger partial charge is 0.355 e. The first kappa shape index (κ1) is 31.2. The molecule has 1 aliphatic heterocycles. The van der Waals surface area contributed by atoms with Crippen LogP contribution in [0.15, 0.2) is 93.7 Å². The van der Waals surface area contributed by atoms with E-state index in [9.17, 15) is 19.2 Å². The van der Waals surface area contributed by atoms with E-state index < -0.39 is 46.8 Å². The van der Waals surface area contributed by atoms with Crippen molar-refractivity contribution in [3.63, 3.8) is 0 Å². The van der Waals surface area contributed by atoms with E-state index in [-0.39, 0.29) is 17.0 Å². The number of carbonyl (C=O) groups is 4. The Bertz CT molecular complexity index is 1680. The first-order chi connectivity index (χ1) is 21.3. The highest BCUT2D eigenvalue weighted by Gasteiger charge is 2.48. The molecule has 1 unspecified atom stereocenters. The fourth-order valence-electron chi connectivity index (χ4n) is 4.75. The number of methoxy groups -OCH3 is 4. The molecular weight excluding hydrogens is 568 g/mol. The predicted octanol–water partition coefficient (Wildman–Crippen LogP) is 4.30. The third-order valence-electron chi connectivity index (χ3n) is 6.73. The number of benzene rings is 2. The molecule has 2 aromatic carbocycles. The average Bonchev–Trinajstić information content (AvgIpc) is 3.43. The quantitative estimate of drug-likeness (QED) is 0.258. The number of carbonyl (C=O) groups excluding carboxylic acids is 4. The van der Waals surface area contributed by atoms with E-state index in [4.69, 9.17) is 23.5 Å². The first-order valence-corrected chi connectivity index (χ1v) is 13.3. The van der Waals surface area contributed by atoms with E-state index in [0.717, 1.165) is 39.6 Å². The van der Waals surface area contributed by atoms with Crippen LogP contribution in [0.25, 0.3) is 18.2 Å². The predicted molar refractivity (Wildman–Crippen MR) is 160 cm³/mol. The molecule has 0 saturated carbocycles. The zero-order valence-electron chi connectivity index (χ0n) is 24.7. The van der Waals surface area contributed by atoms with Crippen molar-refractivity contribution >= 4 is 47.8 Å². The molecule has 3 aromatic rings. The second-order valence-electron chi connectivity index (χ2n) is 9.29. The number of ether oxygens (including phenoxy) is 4. The molecule has 0 bridgehead atoms. The molecule has 0 spiro atoms. The SMILES string of the molecule is COC(=O)C1=C(C(=O)OC)C(/C=C/c2ccccc2)N(c2c(C)noc2/C=C/c2ccccc2)C(C(=O)OC)=C1C(=O)OC. The molecule has 1 atom stereocenters. The van der Waals surface area contributed by atoms with E-state index in [2.05, 4.69) is 5.16 Å². The molecule has 0 N–H and O–H groups in total. The largest absolute Gasteiger partial charge is 0.466 e. The van der Waals surface area contributed by atoms with Crippen molar-refractivity contribution in [3.05, 3.63) is 112 Å². The highest BCUT2D eigenvalue weighted by atomic mass is 16.5. The van der Waals surface area contributed by atoms with Crippen molar-refractivity contribution < 1.29 is 42.6 Å². The van der Waals surface area contributed by atoms with Crippen molar-refractivity contribution in [3.8, 4) is 0 Å². The fourth-order valence-corrected chi connectivity index (χ4v) is 4.75. The molecule has 0 radical (unpaired) electrons. The van der Waals surface area contributed by atoms with Crippen molar-refractivity contribution in [1.82, 2.24) is 5.16 Å². The van der Waals surface area contributed by atoms with Gasteiger partial charge in [0.1, 0.15) is 22.7 Å². The molecule has 0 fully saturated rings. The zero-order chi connectivity index (χ0) is 31.8. The Kier molecular flexibility index (Phi) is 9.92. The van der Waals surface area contributed by atoms with Crippen LogP contribution in [0, 0.1) is 6.92 Å². The van der Waals surface area contributed by atoms with E-state index >= 15 is 0 Å². The molecule has 2 heterocycles. The van der Waals surface area contributed by atoms with Gasteiger partial charge in [0, 0.05) is 0 Å². The summed E-state index contributed by atoms with van der Waals surface area (Å²) in [6.07, 6.45) is 6.67. The average molecular weight is 599 g/mol. The minimum Gasteiger partial charge on any atom is -0.466 e. The van der Waals surface area contributed by atoms with Gasteiger partial charge in [0.05, 0.1) is 45.6 Å². The maximum absolute atomic E-state index is 13.6. The fraction of sp³-hybridized carbons (Fsp3) is 0.182. The number of aromatic nitrogens is 1. The molecule has 0 amide bonds. The lowest BCUT2D eigenvalue weighted by Crippen LogP contribution is -2.47. The van der Waals surface area contributed by atoms with E-state index in [1.54, 1.807) is 31.2 Å². The Labute approximate surface area is 253 Å². The van der Waals surface area contributed by atoms with Gasteiger partial charge in [-0.25, -0.2) is 19.2 Å². The Morgan fingerprint density at radius 1 is 0.705 bits per heavy atom. The Morgan fingerprint density at radius 2 is 1.23 bits per heavy atom. The number of nitrogens with zero attached hydrogens (tertiary/aromatic N) is 2. The van der Waals surface area contributed by atoms with Crippen LogP contribution < -0.4 is 4.90 Å². The summed E-state index contributed by atoms with van der Waals surface area (Å²) in [5.41, 5.74) is 0.322. The summed E-state index contributed by atoms with van der Waals surface area (Å²) in [6, 6.07) is 17.2. The van der Waals surface area contributed by atoms with Crippen molar-refractivity contribution in [1.29, 1.82) is 0 Å². The molecule has 0 aliphatic carbocycles. The van der Waals surface area contributed by atoms with Crippen LogP contribution in [0.2, 0.25) is 0 Å². The molecule has 11 nitrogen and oxygen atoms in total. The van der Waals surface area contributed by atoms with Crippen molar-refractivity contribution in [2.45, 2.75) is 13.0 Å². The second kappa shape index (κ2) is 14.0. The number of hydrogen-bond donors (Lipinski definition) is 0. The van der Waals surface area contributed by atoms with Crippen LogP contribution in [0.1, 0.15) is 22.6 Å². The zero-order valence-corrected chi connectivity index (χ0v) is 24.7. The molecule has 44 heavy (non-hydrogen) atoms. The monoisotopic (exact) mass is 598 g/mol. The van der Waals surface area contributed by atoms with Crippen LogP contribution in [-0.2, 0) is 38.1 Å². The lowest BCUT2D eigenvalue weighted by molar-refractivity contribution is -0.142. The number of aryl methyl sites for hydroxylation is 1. The molecule has 226 valence electrons. The number of rotatable bonds is 9. The minimum absolute atomic E-state index is 0.181. The Balaban J connectivity index is 2.12. The van der Waals surface area contributed by atoms with Gasteiger partial charge in [0.2, 0.25) is 0 Å². The van der Waals surface area contributed by atoms with Crippen LogP contribution in [-0.4, -0.2) is 63.5 Å². The summed E-state index contributed by atoms with van der Waals surface area (Å²) in [7, 11) is 4.39. The van der Waals surface area contributed by atoms with Crippen LogP contribution in [0.5, 0.6) is 0 Å². The lowest BCUT2D eigenvalue weighted by atomic mass is 9.86. The maximum atomic E-state index is 13.6. The van der Waals surface area contributed by atoms with Gasteiger partial charge in [-0.15, -0.1) is 0 Å². The summed E-state index contributed by atoms with van der Waals surface area (Å²) in [5, 5.41) is 4.12. The van der Waals surface area contributed by atoms with Crippen molar-refractivity contribution in [2.24, 2.45) is 0 Å². The summed E-state index contributed by atoms with van der Waals surface area (Å²) >= 11 is 0. The summed E-state index contributed by atoms with van der Waals surface area (Å²) in [4.78, 5) is 55.2. The molecular formula is C33H30N2O9. The van der Waals surface area contributed by atoms with Crippen LogP contribution in [0.4, 0.5) is 5.69 Å². The van der Waals surface area contributed by atoms with E-state index in [1.807, 2.05) is 60.7 Å². The second-order valence-corrected chi connectivity index (χ2v) is 9.29. The van der Waals surface area contributed by atoms with Gasteiger partial charge in [-0.1, -0.05) is 84.0 Å². The highest BCUT2D eigenvalue weighted by Crippen LogP contribution is 2.42. The topological polar surface area (TPSA) is 134 Å². The maximum Gasteiger partial charge on any atom is 0.355 e. The van der Waals surface area contributed by atoms with Crippen LogP contribution >= 0.6 is 0 Å². The van der Waals surface area contributed by atoms with Gasteiger partial charge in [0.25, 0.3) is 0 Å². The third kappa shape index (κ3) is 6.21. The normalized spacial score (nSPS) is 15.1. The third-order valence-corrected chi connectivity index (χ3v) is 6.73. The van der Waals surface area contributed by atoms with Crippen molar-refractivity contribution in [2.75, 3.05) is 33.3 Å². The molecule has 4 rings (SSSR count). The summed E-state index contributed by atoms with van der Waals surface area (Å²) in [5.74, 6) is -3.96. The number of hydrogen-bond acceptors (Lipinski definition) is 11. The van der Waals surface area contributed by atoms with E-state index in [0.29, 0.717) is 5.69 Å². The molecule has 1 aromatic heterocycles. The Morgan fingerprint density at radius 3 is 1.77 bits per heavy atom. The van der Waals surface area contributed by atoms with Gasteiger partial charge in [-0.3, -0.25) is 0 Å². The Hall–Kier alpha value is -5.71. The number of anilines is 1. The summed E-state index contributed by atoms with van der Waals surface area (Å²) < 4.78 is 25.9. The first-order valence-electron chi connectivity index (χ1n) is 13.3. The summed E-state index contributed by atoms with van der Waals surface area (Å²) in [6.45, 7) is 1.63.